The summed E-state index contributed by atoms with van der Waals surface area (Å²) in [4.78, 5) is 10.8. The second kappa shape index (κ2) is 12.9. The molecule has 1 atom stereocenters. The van der Waals surface area contributed by atoms with E-state index in [2.05, 4.69) is 187 Å². The maximum absolute atomic E-state index is 6.62. The SMILES string of the molecule is c1ccc(-c2cc(C3=NC(c4ccccc4)NC(c4c(-c5ccccc5)ccc5oc6cc7ccccc7cc6c45)=N3)cc(-c3ccccc3)c2)cc1. The van der Waals surface area contributed by atoms with Crippen molar-refractivity contribution in [3.05, 3.63) is 205 Å². The first-order valence-corrected chi connectivity index (χ1v) is 17.9. The predicted octanol–water partition coefficient (Wildman–Crippen LogP) is 12.2. The molecule has 1 N–H and O–H groups in total. The Kier molecular flexibility index (Phi) is 7.51. The molecular formula is C49H33N3O. The maximum atomic E-state index is 6.62. The third-order valence-electron chi connectivity index (χ3n) is 10.1. The summed E-state index contributed by atoms with van der Waals surface area (Å²) in [6, 6.07) is 65.7. The highest BCUT2D eigenvalue weighted by Crippen LogP contribution is 2.40. The highest BCUT2D eigenvalue weighted by Gasteiger charge is 2.27. The van der Waals surface area contributed by atoms with Crippen molar-refractivity contribution in [3.63, 3.8) is 0 Å². The molecule has 0 fully saturated rings. The summed E-state index contributed by atoms with van der Waals surface area (Å²) in [5, 5.41) is 8.17. The topological polar surface area (TPSA) is 49.9 Å². The highest BCUT2D eigenvalue weighted by molar-refractivity contribution is 6.25. The number of aliphatic imine (C=N–C) groups is 2. The Morgan fingerprint density at radius 1 is 0.453 bits per heavy atom. The minimum absolute atomic E-state index is 0.378. The van der Waals surface area contributed by atoms with Crippen LogP contribution in [0.1, 0.15) is 22.9 Å². The monoisotopic (exact) mass is 679 g/mol. The van der Waals surface area contributed by atoms with E-state index in [4.69, 9.17) is 14.4 Å². The molecule has 8 aromatic carbocycles. The number of furan rings is 1. The fourth-order valence-electron chi connectivity index (χ4n) is 7.52. The van der Waals surface area contributed by atoms with Gasteiger partial charge in [0.2, 0.25) is 0 Å². The van der Waals surface area contributed by atoms with E-state index in [1.54, 1.807) is 0 Å². The van der Waals surface area contributed by atoms with Crippen LogP contribution in [0.25, 0.3) is 66.1 Å². The van der Waals surface area contributed by atoms with Crippen LogP contribution >= 0.6 is 0 Å². The third-order valence-corrected chi connectivity index (χ3v) is 10.1. The van der Waals surface area contributed by atoms with Gasteiger partial charge in [-0.1, -0.05) is 146 Å². The zero-order valence-corrected chi connectivity index (χ0v) is 28.8. The second-order valence-corrected chi connectivity index (χ2v) is 13.4. The second-order valence-electron chi connectivity index (χ2n) is 13.4. The summed E-state index contributed by atoms with van der Waals surface area (Å²) in [6.45, 7) is 0. The van der Waals surface area contributed by atoms with Crippen LogP contribution in [0.2, 0.25) is 0 Å². The first-order chi connectivity index (χ1) is 26.2. The predicted molar refractivity (Wildman–Crippen MR) is 219 cm³/mol. The molecule has 1 aliphatic rings. The van der Waals surface area contributed by atoms with Gasteiger partial charge in [0.15, 0.2) is 5.84 Å². The van der Waals surface area contributed by atoms with E-state index in [-0.39, 0.29) is 6.17 Å². The summed E-state index contributed by atoms with van der Waals surface area (Å²) >= 11 is 0. The van der Waals surface area contributed by atoms with Gasteiger partial charge in [-0.15, -0.1) is 0 Å². The molecule has 0 radical (unpaired) electrons. The Hall–Kier alpha value is -7.04. The molecule has 0 spiro atoms. The quantitative estimate of drug-likeness (QED) is 0.190. The standard InChI is InChI=1S/C49H33N3O/c1-5-15-32(16-6-1)38-27-39(33-17-7-2-8-18-33)29-40(28-38)48-50-47(35-21-11-4-12-22-35)51-49(52-48)46-41(34-19-9-3-10-20-34)25-26-43-45(46)42-30-36-23-13-14-24-37(36)31-44(42)53-43/h1-31,47H,(H,50,51,52). The Bertz CT molecular complexity index is 2780. The van der Waals surface area contributed by atoms with E-state index in [9.17, 15) is 0 Å². The summed E-state index contributed by atoms with van der Waals surface area (Å²) in [7, 11) is 0. The van der Waals surface area contributed by atoms with Gasteiger partial charge < -0.3 is 9.73 Å². The van der Waals surface area contributed by atoms with Gasteiger partial charge in [-0.3, -0.25) is 0 Å². The van der Waals surface area contributed by atoms with Crippen LogP contribution in [-0.2, 0) is 0 Å². The van der Waals surface area contributed by atoms with Crippen molar-refractivity contribution < 1.29 is 4.42 Å². The largest absolute Gasteiger partial charge is 0.456 e. The van der Waals surface area contributed by atoms with Gasteiger partial charge in [0.1, 0.15) is 23.2 Å². The van der Waals surface area contributed by atoms with Crippen LogP contribution in [0, 0.1) is 0 Å². The molecule has 53 heavy (non-hydrogen) atoms. The Labute approximate surface area is 307 Å². The molecule has 10 rings (SSSR count). The number of hydrogen-bond donors (Lipinski definition) is 1. The van der Waals surface area contributed by atoms with E-state index in [0.717, 1.165) is 88.6 Å². The average molecular weight is 680 g/mol. The van der Waals surface area contributed by atoms with Crippen molar-refractivity contribution in [1.29, 1.82) is 0 Å². The summed E-state index contributed by atoms with van der Waals surface area (Å²) < 4.78 is 6.62. The molecule has 0 saturated carbocycles. The molecule has 4 nitrogen and oxygen atoms in total. The molecule has 0 aliphatic carbocycles. The van der Waals surface area contributed by atoms with Crippen LogP contribution in [0.15, 0.2) is 202 Å². The van der Waals surface area contributed by atoms with Gasteiger partial charge in [-0.2, -0.15) is 0 Å². The average Bonchev–Trinajstić information content (AvgIpc) is 3.60. The van der Waals surface area contributed by atoms with Gasteiger partial charge in [0, 0.05) is 21.9 Å². The third kappa shape index (κ3) is 5.67. The number of benzene rings is 8. The summed E-state index contributed by atoms with van der Waals surface area (Å²) in [5.74, 6) is 1.41. The normalized spacial score (nSPS) is 14.2. The molecular weight excluding hydrogens is 647 g/mol. The number of nitrogens with one attached hydrogen (secondary N) is 1. The van der Waals surface area contributed by atoms with Gasteiger partial charge in [-0.25, -0.2) is 9.98 Å². The molecule has 1 aliphatic heterocycles. The fourth-order valence-corrected chi connectivity index (χ4v) is 7.52. The molecule has 0 amide bonds. The van der Waals surface area contributed by atoms with E-state index >= 15 is 0 Å². The first-order valence-electron chi connectivity index (χ1n) is 17.9. The van der Waals surface area contributed by atoms with Gasteiger partial charge in [0.25, 0.3) is 0 Å². The summed E-state index contributed by atoms with van der Waals surface area (Å²) in [5.41, 5.74) is 11.3. The van der Waals surface area contributed by atoms with Crippen LogP contribution in [0.4, 0.5) is 0 Å². The summed E-state index contributed by atoms with van der Waals surface area (Å²) in [6.07, 6.45) is -0.378. The van der Waals surface area contributed by atoms with Gasteiger partial charge in [0.05, 0.1) is 0 Å². The molecule has 9 aromatic rings. The Morgan fingerprint density at radius 2 is 1.00 bits per heavy atom. The zero-order chi connectivity index (χ0) is 35.1. The molecule has 1 unspecified atom stereocenters. The first kappa shape index (κ1) is 30.8. The van der Waals surface area contributed by atoms with Crippen molar-refractivity contribution in [2.24, 2.45) is 9.98 Å². The van der Waals surface area contributed by atoms with Crippen molar-refractivity contribution in [3.8, 4) is 33.4 Å². The molecule has 2 heterocycles. The number of nitrogens with zero attached hydrogens (tertiary/aromatic N) is 2. The Morgan fingerprint density at radius 3 is 1.64 bits per heavy atom. The van der Waals surface area contributed by atoms with Gasteiger partial charge >= 0.3 is 0 Å². The van der Waals surface area contributed by atoms with Crippen molar-refractivity contribution in [2.45, 2.75) is 6.17 Å². The van der Waals surface area contributed by atoms with Crippen LogP contribution in [-0.4, -0.2) is 11.7 Å². The van der Waals surface area contributed by atoms with Crippen LogP contribution in [0.3, 0.4) is 0 Å². The maximum Gasteiger partial charge on any atom is 0.159 e. The number of rotatable bonds is 6. The van der Waals surface area contributed by atoms with Crippen LogP contribution < -0.4 is 5.32 Å². The lowest BCUT2D eigenvalue weighted by Gasteiger charge is -2.25. The lowest BCUT2D eigenvalue weighted by Crippen LogP contribution is -2.34. The van der Waals surface area contributed by atoms with Crippen molar-refractivity contribution in [1.82, 2.24) is 5.32 Å². The molecule has 4 heteroatoms. The number of hydrogen-bond acceptors (Lipinski definition) is 4. The lowest BCUT2D eigenvalue weighted by atomic mass is 9.93. The Balaban J connectivity index is 1.25. The van der Waals surface area contributed by atoms with Gasteiger partial charge in [-0.05, 0) is 92.2 Å². The highest BCUT2D eigenvalue weighted by atomic mass is 16.3. The van der Waals surface area contributed by atoms with E-state index in [0.29, 0.717) is 5.84 Å². The molecule has 0 bridgehead atoms. The fraction of sp³-hybridized carbons (Fsp3) is 0.0204. The molecule has 250 valence electrons. The molecule has 0 saturated heterocycles. The molecule has 1 aromatic heterocycles. The van der Waals surface area contributed by atoms with Crippen molar-refractivity contribution >= 4 is 44.4 Å². The van der Waals surface area contributed by atoms with Crippen molar-refractivity contribution in [2.75, 3.05) is 0 Å². The van der Waals surface area contributed by atoms with E-state index < -0.39 is 0 Å². The smallest absolute Gasteiger partial charge is 0.159 e. The van der Waals surface area contributed by atoms with Crippen LogP contribution in [0.5, 0.6) is 0 Å². The number of amidine groups is 2. The minimum Gasteiger partial charge on any atom is -0.456 e. The minimum atomic E-state index is -0.378. The van der Waals surface area contributed by atoms with E-state index in [1.165, 1.54) is 0 Å². The zero-order valence-electron chi connectivity index (χ0n) is 28.8. The lowest BCUT2D eigenvalue weighted by molar-refractivity contribution is 0.668. The van der Waals surface area contributed by atoms with E-state index in [1.807, 2.05) is 6.07 Å². The number of fused-ring (bicyclic) bond motifs is 4.